The molecule has 2 unspecified atom stereocenters. The van der Waals surface area contributed by atoms with E-state index in [1.165, 1.54) is 11.9 Å². The Hall–Kier alpha value is -2.09. The molecule has 1 rings (SSSR count). The van der Waals surface area contributed by atoms with Gasteiger partial charge in [-0.25, -0.2) is 4.79 Å². The minimum absolute atomic E-state index is 0.0979. The van der Waals surface area contributed by atoms with Gasteiger partial charge in [-0.1, -0.05) is 36.2 Å². The Bertz CT molecular complexity index is 651. The van der Waals surface area contributed by atoms with E-state index in [2.05, 4.69) is 26.6 Å². The van der Waals surface area contributed by atoms with Crippen LogP contribution >= 0.6 is 15.9 Å². The third kappa shape index (κ3) is 6.38. The average molecular weight is 413 g/mol. The van der Waals surface area contributed by atoms with E-state index in [0.29, 0.717) is 12.1 Å². The minimum atomic E-state index is -0.762. The molecule has 8 heteroatoms. The first-order valence-corrected chi connectivity index (χ1v) is 8.82. The summed E-state index contributed by atoms with van der Waals surface area (Å²) < 4.78 is 0.921. The fourth-order valence-electron chi connectivity index (χ4n) is 2.32. The van der Waals surface area contributed by atoms with E-state index in [9.17, 15) is 14.4 Å². The number of halogens is 1. The second-order valence-electron chi connectivity index (χ2n) is 6.07. The maximum atomic E-state index is 12.5. The summed E-state index contributed by atoms with van der Waals surface area (Å²) in [6.45, 7) is 5.51. The maximum Gasteiger partial charge on any atom is 0.312 e. The Morgan fingerprint density at radius 1 is 1.32 bits per heavy atom. The van der Waals surface area contributed by atoms with E-state index in [-0.39, 0.29) is 24.3 Å². The zero-order valence-electron chi connectivity index (χ0n) is 14.9. The van der Waals surface area contributed by atoms with Gasteiger partial charge in [0.05, 0.1) is 6.54 Å². The molecule has 1 aromatic carbocycles. The maximum absolute atomic E-state index is 12.5. The second-order valence-corrected chi connectivity index (χ2v) is 6.99. The van der Waals surface area contributed by atoms with Crippen molar-refractivity contribution in [1.29, 1.82) is 0 Å². The topological polar surface area (TPSA) is 105 Å². The molecule has 2 atom stereocenters. The van der Waals surface area contributed by atoms with Crippen LogP contribution in [0, 0.1) is 12.8 Å². The number of nitrogens with two attached hydrogens (primary N) is 1. The normalized spacial score (nSPS) is 12.8. The SMILES string of the molecule is CCC(C)C(NC(N)=O)C(=O)N(C)CC(=O)Nc1ccc(Br)cc1C. The molecule has 4 N–H and O–H groups in total. The molecule has 0 aliphatic carbocycles. The number of likely N-dealkylation sites (N-methyl/N-ethyl adjacent to an activating group) is 1. The highest BCUT2D eigenvalue weighted by Gasteiger charge is 2.28. The van der Waals surface area contributed by atoms with Crippen LogP contribution in [0.2, 0.25) is 0 Å². The summed E-state index contributed by atoms with van der Waals surface area (Å²) in [5.41, 5.74) is 6.74. The van der Waals surface area contributed by atoms with Gasteiger partial charge in [0.15, 0.2) is 0 Å². The highest BCUT2D eigenvalue weighted by atomic mass is 79.9. The lowest BCUT2D eigenvalue weighted by Crippen LogP contribution is -2.53. The van der Waals surface area contributed by atoms with Crippen molar-refractivity contribution in [2.24, 2.45) is 11.7 Å². The first kappa shape index (κ1) is 21.0. The molecule has 0 aliphatic heterocycles. The number of rotatable bonds is 7. The van der Waals surface area contributed by atoms with Gasteiger partial charge in [-0.05, 0) is 36.6 Å². The zero-order valence-corrected chi connectivity index (χ0v) is 16.5. The van der Waals surface area contributed by atoms with Crippen molar-refractivity contribution >= 4 is 39.5 Å². The van der Waals surface area contributed by atoms with Crippen molar-refractivity contribution in [3.8, 4) is 0 Å². The van der Waals surface area contributed by atoms with Crippen molar-refractivity contribution in [1.82, 2.24) is 10.2 Å². The molecule has 0 fully saturated rings. The Morgan fingerprint density at radius 2 is 1.96 bits per heavy atom. The molecule has 0 aliphatic rings. The molecule has 0 bridgehead atoms. The number of nitrogens with one attached hydrogen (secondary N) is 2. The molecule has 0 heterocycles. The largest absolute Gasteiger partial charge is 0.352 e. The fourth-order valence-corrected chi connectivity index (χ4v) is 2.80. The van der Waals surface area contributed by atoms with Gasteiger partial charge in [0.1, 0.15) is 6.04 Å². The Balaban J connectivity index is 2.74. The van der Waals surface area contributed by atoms with E-state index in [1.807, 2.05) is 32.9 Å². The quantitative estimate of drug-likeness (QED) is 0.639. The molecule has 0 spiro atoms. The van der Waals surface area contributed by atoms with Crippen LogP contribution in [-0.2, 0) is 9.59 Å². The molecule has 7 nitrogen and oxygen atoms in total. The summed E-state index contributed by atoms with van der Waals surface area (Å²) in [6, 6.07) is 3.99. The van der Waals surface area contributed by atoms with Crippen molar-refractivity contribution in [2.75, 3.05) is 18.9 Å². The predicted octanol–water partition coefficient (Wildman–Crippen LogP) is 2.24. The number of hydrogen-bond acceptors (Lipinski definition) is 3. The van der Waals surface area contributed by atoms with Crippen molar-refractivity contribution in [3.05, 3.63) is 28.2 Å². The van der Waals surface area contributed by atoms with Crippen molar-refractivity contribution < 1.29 is 14.4 Å². The van der Waals surface area contributed by atoms with Crippen molar-refractivity contribution in [3.63, 3.8) is 0 Å². The number of amides is 4. The van der Waals surface area contributed by atoms with Gasteiger partial charge in [0.2, 0.25) is 11.8 Å². The average Bonchev–Trinajstić information content (AvgIpc) is 2.53. The van der Waals surface area contributed by atoms with Crippen molar-refractivity contribution in [2.45, 2.75) is 33.2 Å². The van der Waals surface area contributed by atoms with Crippen LogP contribution in [0.4, 0.5) is 10.5 Å². The first-order chi connectivity index (χ1) is 11.6. The number of urea groups is 1. The molecule has 4 amide bonds. The number of primary amides is 1. The van der Waals surface area contributed by atoms with Crippen LogP contribution in [0.3, 0.4) is 0 Å². The number of nitrogens with zero attached hydrogens (tertiary/aromatic N) is 1. The van der Waals surface area contributed by atoms with Gasteiger partial charge < -0.3 is 21.3 Å². The summed E-state index contributed by atoms with van der Waals surface area (Å²) in [5.74, 6) is -0.765. The van der Waals surface area contributed by atoms with E-state index in [4.69, 9.17) is 5.73 Å². The van der Waals surface area contributed by atoms with E-state index >= 15 is 0 Å². The van der Waals surface area contributed by atoms with Crippen LogP contribution in [0.15, 0.2) is 22.7 Å². The lowest BCUT2D eigenvalue weighted by Gasteiger charge is -2.27. The van der Waals surface area contributed by atoms with E-state index < -0.39 is 12.1 Å². The minimum Gasteiger partial charge on any atom is -0.352 e. The Kier molecular flexibility index (Phi) is 7.89. The number of benzene rings is 1. The van der Waals surface area contributed by atoms with Crippen LogP contribution in [0.1, 0.15) is 25.8 Å². The molecule has 0 aromatic heterocycles. The number of aryl methyl sites for hydroxylation is 1. The van der Waals surface area contributed by atoms with E-state index in [1.54, 1.807) is 6.07 Å². The Labute approximate surface area is 156 Å². The predicted molar refractivity (Wildman–Crippen MR) is 101 cm³/mol. The molecule has 138 valence electrons. The van der Waals surface area contributed by atoms with Gasteiger partial charge in [-0.15, -0.1) is 0 Å². The van der Waals surface area contributed by atoms with E-state index in [0.717, 1.165) is 10.0 Å². The zero-order chi connectivity index (χ0) is 19.1. The Morgan fingerprint density at radius 3 is 2.48 bits per heavy atom. The van der Waals surface area contributed by atoms with Crippen LogP contribution in [-0.4, -0.2) is 42.4 Å². The molecule has 1 aromatic rings. The molecular weight excluding hydrogens is 388 g/mol. The number of anilines is 1. The lowest BCUT2D eigenvalue weighted by atomic mass is 9.98. The summed E-state index contributed by atoms with van der Waals surface area (Å²) in [5, 5.41) is 5.24. The number of carbonyl (C=O) groups excluding carboxylic acids is 3. The summed E-state index contributed by atoms with van der Waals surface area (Å²) in [7, 11) is 1.52. The fraction of sp³-hybridized carbons (Fsp3) is 0.471. The smallest absolute Gasteiger partial charge is 0.312 e. The number of carbonyl (C=O) groups is 3. The monoisotopic (exact) mass is 412 g/mol. The highest BCUT2D eigenvalue weighted by molar-refractivity contribution is 9.10. The second kappa shape index (κ2) is 9.41. The summed E-state index contributed by atoms with van der Waals surface area (Å²) in [6.07, 6.45) is 0.689. The van der Waals surface area contributed by atoms with Crippen LogP contribution in [0.25, 0.3) is 0 Å². The highest BCUT2D eigenvalue weighted by Crippen LogP contribution is 2.20. The van der Waals surface area contributed by atoms with Gasteiger partial charge in [-0.3, -0.25) is 9.59 Å². The van der Waals surface area contributed by atoms with Gasteiger partial charge >= 0.3 is 6.03 Å². The summed E-state index contributed by atoms with van der Waals surface area (Å²) in [4.78, 5) is 37.2. The van der Waals surface area contributed by atoms with Crippen LogP contribution < -0.4 is 16.4 Å². The molecule has 25 heavy (non-hydrogen) atoms. The van der Waals surface area contributed by atoms with Gasteiger partial charge in [-0.2, -0.15) is 0 Å². The third-order valence-electron chi connectivity index (χ3n) is 4.00. The number of hydrogen-bond donors (Lipinski definition) is 3. The molecule has 0 saturated carbocycles. The first-order valence-electron chi connectivity index (χ1n) is 8.02. The van der Waals surface area contributed by atoms with Crippen LogP contribution in [0.5, 0.6) is 0 Å². The molecule has 0 radical (unpaired) electrons. The lowest BCUT2D eigenvalue weighted by molar-refractivity contribution is -0.136. The molecule has 0 saturated heterocycles. The third-order valence-corrected chi connectivity index (χ3v) is 4.49. The molecular formula is C17H25BrN4O3. The van der Waals surface area contributed by atoms with Gasteiger partial charge in [0.25, 0.3) is 0 Å². The standard InChI is InChI=1S/C17H25BrN4O3/c1-5-10(2)15(21-17(19)25)16(24)22(4)9-14(23)20-13-7-6-12(18)8-11(13)3/h6-8,10,15H,5,9H2,1-4H3,(H,20,23)(H3,19,21,25). The van der Waals surface area contributed by atoms with Gasteiger partial charge in [0, 0.05) is 17.2 Å². The summed E-state index contributed by atoms with van der Waals surface area (Å²) >= 11 is 3.37.